The predicted molar refractivity (Wildman–Crippen MR) is 61.9 cm³/mol. The lowest BCUT2D eigenvalue weighted by molar-refractivity contribution is 0.0909. The lowest BCUT2D eigenvalue weighted by Crippen LogP contribution is -2.21. The van der Waals surface area contributed by atoms with Gasteiger partial charge in [0.05, 0.1) is 6.10 Å². The predicted octanol–water partition coefficient (Wildman–Crippen LogP) is 2.29. The van der Waals surface area contributed by atoms with Gasteiger partial charge in [0.25, 0.3) is 0 Å². The van der Waals surface area contributed by atoms with E-state index in [1.54, 1.807) is 0 Å². The normalized spacial score (nSPS) is 25.7. The van der Waals surface area contributed by atoms with Crippen molar-refractivity contribution in [2.24, 2.45) is 5.92 Å². The summed E-state index contributed by atoms with van der Waals surface area (Å²) in [6.07, 6.45) is 1.46. The van der Waals surface area contributed by atoms with Gasteiger partial charge in [-0.05, 0) is 26.0 Å². The monoisotopic (exact) mass is 205 g/mol. The largest absolute Gasteiger partial charge is 0.373 e. The van der Waals surface area contributed by atoms with Gasteiger partial charge in [-0.15, -0.1) is 0 Å². The van der Waals surface area contributed by atoms with Crippen LogP contribution >= 0.6 is 0 Å². The van der Waals surface area contributed by atoms with E-state index >= 15 is 0 Å². The van der Waals surface area contributed by atoms with Crippen molar-refractivity contribution >= 4 is 0 Å². The molecule has 1 aliphatic heterocycles. The number of hydrogen-bond donors (Lipinski definition) is 1. The molecule has 0 amide bonds. The van der Waals surface area contributed by atoms with E-state index in [4.69, 9.17) is 4.74 Å². The third kappa shape index (κ3) is 2.39. The van der Waals surface area contributed by atoms with Gasteiger partial charge in [-0.1, -0.05) is 29.8 Å². The van der Waals surface area contributed by atoms with Gasteiger partial charge in [0.1, 0.15) is 0 Å². The van der Waals surface area contributed by atoms with E-state index in [9.17, 15) is 0 Å². The van der Waals surface area contributed by atoms with Crippen molar-refractivity contribution in [1.82, 2.24) is 5.32 Å². The van der Waals surface area contributed by atoms with E-state index in [0.29, 0.717) is 5.92 Å². The van der Waals surface area contributed by atoms with Crippen molar-refractivity contribution in [3.8, 4) is 0 Å². The maximum atomic E-state index is 5.82. The molecule has 1 aliphatic rings. The second kappa shape index (κ2) is 4.77. The summed E-state index contributed by atoms with van der Waals surface area (Å²) in [5, 5.41) is 3.24. The van der Waals surface area contributed by atoms with Gasteiger partial charge >= 0.3 is 0 Å². The van der Waals surface area contributed by atoms with E-state index in [1.807, 2.05) is 7.05 Å². The summed E-state index contributed by atoms with van der Waals surface area (Å²) in [7, 11) is 2.01. The molecular formula is C13H19NO. The Bertz CT molecular complexity index is 324. The summed E-state index contributed by atoms with van der Waals surface area (Å²) in [4.78, 5) is 0. The molecule has 1 aromatic carbocycles. The van der Waals surface area contributed by atoms with Crippen LogP contribution in [0.25, 0.3) is 0 Å². The average molecular weight is 205 g/mol. The van der Waals surface area contributed by atoms with Crippen LogP contribution in [-0.4, -0.2) is 20.2 Å². The van der Waals surface area contributed by atoms with Crippen LogP contribution in [0.3, 0.4) is 0 Å². The fraction of sp³-hybridized carbons (Fsp3) is 0.538. The third-order valence-electron chi connectivity index (χ3n) is 3.05. The lowest BCUT2D eigenvalue weighted by Gasteiger charge is -2.18. The van der Waals surface area contributed by atoms with Crippen molar-refractivity contribution in [3.05, 3.63) is 35.4 Å². The highest BCUT2D eigenvalue weighted by atomic mass is 16.5. The molecular weight excluding hydrogens is 186 g/mol. The SMILES string of the molecule is CNCC1CCOC1c1cccc(C)c1. The van der Waals surface area contributed by atoms with Gasteiger partial charge in [0.15, 0.2) is 0 Å². The molecule has 2 unspecified atom stereocenters. The Labute approximate surface area is 91.6 Å². The molecule has 82 valence electrons. The van der Waals surface area contributed by atoms with Crippen LogP contribution in [0.15, 0.2) is 24.3 Å². The summed E-state index contributed by atoms with van der Waals surface area (Å²) in [5.74, 6) is 0.622. The third-order valence-corrected chi connectivity index (χ3v) is 3.05. The first-order chi connectivity index (χ1) is 7.31. The zero-order valence-electron chi connectivity index (χ0n) is 9.49. The van der Waals surface area contributed by atoms with Crippen molar-refractivity contribution in [3.63, 3.8) is 0 Å². The lowest BCUT2D eigenvalue weighted by atomic mass is 9.94. The Morgan fingerprint density at radius 2 is 2.33 bits per heavy atom. The molecule has 15 heavy (non-hydrogen) atoms. The molecule has 1 heterocycles. The van der Waals surface area contributed by atoms with E-state index in [2.05, 4.69) is 36.5 Å². The number of nitrogens with one attached hydrogen (secondary N) is 1. The molecule has 1 saturated heterocycles. The maximum absolute atomic E-state index is 5.82. The summed E-state index contributed by atoms with van der Waals surface area (Å²) >= 11 is 0. The Hall–Kier alpha value is -0.860. The molecule has 1 aromatic rings. The van der Waals surface area contributed by atoms with Gasteiger partial charge in [0.2, 0.25) is 0 Å². The average Bonchev–Trinajstić information content (AvgIpc) is 2.66. The molecule has 1 fully saturated rings. The number of aryl methyl sites for hydroxylation is 1. The number of rotatable bonds is 3. The molecule has 0 aliphatic carbocycles. The summed E-state index contributed by atoms with van der Waals surface area (Å²) in [6, 6.07) is 8.65. The van der Waals surface area contributed by atoms with E-state index in [-0.39, 0.29) is 6.10 Å². The molecule has 0 radical (unpaired) electrons. The molecule has 2 rings (SSSR count). The minimum Gasteiger partial charge on any atom is -0.373 e. The second-order valence-electron chi connectivity index (χ2n) is 4.31. The van der Waals surface area contributed by atoms with E-state index in [1.165, 1.54) is 17.5 Å². The first kappa shape index (κ1) is 10.7. The van der Waals surface area contributed by atoms with E-state index in [0.717, 1.165) is 13.2 Å². The summed E-state index contributed by atoms with van der Waals surface area (Å²) in [5.41, 5.74) is 2.64. The minimum absolute atomic E-state index is 0.289. The van der Waals surface area contributed by atoms with Gasteiger partial charge < -0.3 is 10.1 Å². The molecule has 0 aromatic heterocycles. The van der Waals surface area contributed by atoms with Crippen LogP contribution in [0, 0.1) is 12.8 Å². The molecule has 2 heteroatoms. The quantitative estimate of drug-likeness (QED) is 0.817. The smallest absolute Gasteiger partial charge is 0.0866 e. The van der Waals surface area contributed by atoms with Crippen molar-refractivity contribution in [1.29, 1.82) is 0 Å². The molecule has 2 nitrogen and oxygen atoms in total. The zero-order chi connectivity index (χ0) is 10.7. The van der Waals surface area contributed by atoms with Gasteiger partial charge in [0, 0.05) is 19.1 Å². The van der Waals surface area contributed by atoms with Gasteiger partial charge in [-0.3, -0.25) is 0 Å². The highest BCUT2D eigenvalue weighted by Gasteiger charge is 2.28. The zero-order valence-corrected chi connectivity index (χ0v) is 9.49. The van der Waals surface area contributed by atoms with Crippen LogP contribution in [0.4, 0.5) is 0 Å². The first-order valence-corrected chi connectivity index (χ1v) is 5.64. The Morgan fingerprint density at radius 1 is 1.47 bits per heavy atom. The Morgan fingerprint density at radius 3 is 3.07 bits per heavy atom. The minimum atomic E-state index is 0.289. The standard InChI is InChI=1S/C13H19NO/c1-10-4-3-5-11(8-10)13-12(9-14-2)6-7-15-13/h3-5,8,12-14H,6-7,9H2,1-2H3. The van der Waals surface area contributed by atoms with Crippen molar-refractivity contribution in [2.75, 3.05) is 20.2 Å². The van der Waals surface area contributed by atoms with Crippen molar-refractivity contribution < 1.29 is 4.74 Å². The number of hydrogen-bond acceptors (Lipinski definition) is 2. The van der Waals surface area contributed by atoms with Crippen LogP contribution < -0.4 is 5.32 Å². The van der Waals surface area contributed by atoms with Gasteiger partial charge in [-0.2, -0.15) is 0 Å². The first-order valence-electron chi connectivity index (χ1n) is 5.64. The van der Waals surface area contributed by atoms with Crippen molar-refractivity contribution in [2.45, 2.75) is 19.4 Å². The number of ether oxygens (including phenoxy) is 1. The highest BCUT2D eigenvalue weighted by Crippen LogP contribution is 2.34. The second-order valence-corrected chi connectivity index (χ2v) is 4.31. The molecule has 0 bridgehead atoms. The fourth-order valence-electron chi connectivity index (χ4n) is 2.32. The summed E-state index contributed by atoms with van der Waals surface area (Å²) < 4.78 is 5.82. The molecule has 2 atom stereocenters. The highest BCUT2D eigenvalue weighted by molar-refractivity contribution is 5.25. The van der Waals surface area contributed by atoms with Gasteiger partial charge in [-0.25, -0.2) is 0 Å². The van der Waals surface area contributed by atoms with Crippen LogP contribution in [-0.2, 0) is 4.74 Å². The number of benzene rings is 1. The fourth-order valence-corrected chi connectivity index (χ4v) is 2.32. The van der Waals surface area contributed by atoms with E-state index < -0.39 is 0 Å². The topological polar surface area (TPSA) is 21.3 Å². The van der Waals surface area contributed by atoms with Crippen LogP contribution in [0.5, 0.6) is 0 Å². The van der Waals surface area contributed by atoms with Crippen LogP contribution in [0.1, 0.15) is 23.7 Å². The molecule has 0 spiro atoms. The molecule has 1 N–H and O–H groups in total. The van der Waals surface area contributed by atoms with Crippen LogP contribution in [0.2, 0.25) is 0 Å². The Kier molecular flexibility index (Phi) is 3.39. The summed E-state index contributed by atoms with van der Waals surface area (Å²) in [6.45, 7) is 4.06. The molecule has 0 saturated carbocycles. The maximum Gasteiger partial charge on any atom is 0.0866 e. The Balaban J connectivity index is 2.15.